The van der Waals surface area contributed by atoms with Gasteiger partial charge >= 0.3 is 0 Å². The predicted molar refractivity (Wildman–Crippen MR) is 88.9 cm³/mol. The molecule has 1 aliphatic rings. The van der Waals surface area contributed by atoms with Crippen LogP contribution in [0.3, 0.4) is 0 Å². The number of aryl methyl sites for hydroxylation is 1. The fraction of sp³-hybridized carbons (Fsp3) is 0.167. The maximum Gasteiger partial charge on any atom is 0.188 e. The van der Waals surface area contributed by atoms with Gasteiger partial charge in [0.2, 0.25) is 0 Å². The van der Waals surface area contributed by atoms with E-state index < -0.39 is 0 Å². The third kappa shape index (κ3) is 2.74. The fourth-order valence-electron chi connectivity index (χ4n) is 2.40. The Hall–Kier alpha value is -2.00. The zero-order chi connectivity index (χ0) is 14.8. The van der Waals surface area contributed by atoms with Crippen LogP contribution in [0.5, 0.6) is 0 Å². The minimum atomic E-state index is 0.0590. The summed E-state index contributed by atoms with van der Waals surface area (Å²) in [5.41, 5.74) is 3.09. The van der Waals surface area contributed by atoms with Crippen LogP contribution in [0, 0.1) is 6.92 Å². The van der Waals surface area contributed by atoms with Gasteiger partial charge in [-0.3, -0.25) is 4.79 Å². The van der Waals surface area contributed by atoms with Crippen LogP contribution in [-0.4, -0.2) is 12.3 Å². The topological polar surface area (TPSA) is 20.3 Å². The molecular weight excluding hydrogens is 278 g/mol. The maximum absolute atomic E-state index is 12.4. The standard InChI is InChI=1S/C18H17NOS/c1-3-19-15-6-4-5-7-17(15)21-18(19)12-16(20)14-10-8-13(2)9-11-14/h4-12H,3H2,1-2H3/b18-12+. The van der Waals surface area contributed by atoms with Crippen molar-refractivity contribution in [3.8, 4) is 0 Å². The summed E-state index contributed by atoms with van der Waals surface area (Å²) >= 11 is 1.66. The highest BCUT2D eigenvalue weighted by Gasteiger charge is 2.24. The van der Waals surface area contributed by atoms with Crippen molar-refractivity contribution in [1.29, 1.82) is 0 Å². The van der Waals surface area contributed by atoms with E-state index in [1.165, 1.54) is 10.6 Å². The van der Waals surface area contributed by atoms with Crippen LogP contribution >= 0.6 is 11.8 Å². The Morgan fingerprint density at radius 2 is 1.86 bits per heavy atom. The van der Waals surface area contributed by atoms with E-state index in [9.17, 15) is 4.79 Å². The van der Waals surface area contributed by atoms with E-state index in [0.717, 1.165) is 22.7 Å². The molecule has 0 fully saturated rings. The maximum atomic E-state index is 12.4. The number of para-hydroxylation sites is 1. The molecule has 0 amide bonds. The number of carbonyl (C=O) groups is 1. The normalized spacial score (nSPS) is 15.3. The van der Waals surface area contributed by atoms with E-state index in [1.807, 2.05) is 43.3 Å². The number of rotatable bonds is 3. The predicted octanol–water partition coefficient (Wildman–Crippen LogP) is 4.65. The van der Waals surface area contributed by atoms with Gasteiger partial charge in [-0.2, -0.15) is 0 Å². The van der Waals surface area contributed by atoms with Crippen molar-refractivity contribution >= 4 is 23.2 Å². The van der Waals surface area contributed by atoms with Gasteiger partial charge in [-0.1, -0.05) is 53.7 Å². The number of benzene rings is 2. The lowest BCUT2D eigenvalue weighted by Crippen LogP contribution is -2.17. The first-order chi connectivity index (χ1) is 10.2. The van der Waals surface area contributed by atoms with E-state index in [0.29, 0.717) is 0 Å². The van der Waals surface area contributed by atoms with Crippen LogP contribution < -0.4 is 4.90 Å². The van der Waals surface area contributed by atoms with Crippen molar-refractivity contribution in [2.45, 2.75) is 18.7 Å². The molecule has 21 heavy (non-hydrogen) atoms. The smallest absolute Gasteiger partial charge is 0.188 e. The quantitative estimate of drug-likeness (QED) is 0.607. The summed E-state index contributed by atoms with van der Waals surface area (Å²) in [4.78, 5) is 15.8. The Bertz CT molecular complexity index is 703. The zero-order valence-electron chi connectivity index (χ0n) is 12.2. The van der Waals surface area contributed by atoms with E-state index in [2.05, 4.69) is 24.0 Å². The van der Waals surface area contributed by atoms with Gasteiger partial charge in [0, 0.05) is 23.1 Å². The van der Waals surface area contributed by atoms with Crippen LogP contribution in [0.4, 0.5) is 5.69 Å². The number of ketones is 1. The summed E-state index contributed by atoms with van der Waals surface area (Å²) in [5.74, 6) is 0.0590. The Balaban J connectivity index is 1.90. The lowest BCUT2D eigenvalue weighted by molar-refractivity contribution is 0.104. The molecule has 2 aromatic carbocycles. The molecule has 0 unspecified atom stereocenters. The van der Waals surface area contributed by atoms with Crippen molar-refractivity contribution in [3.05, 3.63) is 70.8 Å². The average molecular weight is 295 g/mol. The Labute approximate surface area is 129 Å². The van der Waals surface area contributed by atoms with Gasteiger partial charge in [-0.15, -0.1) is 0 Å². The largest absolute Gasteiger partial charge is 0.335 e. The lowest BCUT2D eigenvalue weighted by atomic mass is 10.1. The Morgan fingerprint density at radius 1 is 1.14 bits per heavy atom. The van der Waals surface area contributed by atoms with Crippen LogP contribution in [0.15, 0.2) is 64.5 Å². The minimum Gasteiger partial charge on any atom is -0.335 e. The number of thioether (sulfide) groups is 1. The molecule has 0 saturated carbocycles. The highest BCUT2D eigenvalue weighted by atomic mass is 32.2. The van der Waals surface area contributed by atoms with Crippen LogP contribution in [-0.2, 0) is 0 Å². The third-order valence-corrected chi connectivity index (χ3v) is 4.66. The number of fused-ring (bicyclic) bond motifs is 1. The summed E-state index contributed by atoms with van der Waals surface area (Å²) in [6.45, 7) is 4.98. The molecular formula is C18H17NOS. The molecule has 1 heterocycles. The molecule has 2 aromatic rings. The van der Waals surface area contributed by atoms with Gasteiger partial charge in [0.05, 0.1) is 10.7 Å². The van der Waals surface area contributed by atoms with Crippen molar-refractivity contribution < 1.29 is 4.79 Å². The molecule has 1 aliphatic heterocycles. The zero-order valence-corrected chi connectivity index (χ0v) is 13.0. The van der Waals surface area contributed by atoms with Gasteiger partial charge in [-0.05, 0) is 26.0 Å². The number of nitrogens with zero attached hydrogens (tertiary/aromatic N) is 1. The first-order valence-corrected chi connectivity index (χ1v) is 7.88. The number of allylic oxidation sites excluding steroid dienone is 1. The molecule has 0 bridgehead atoms. The van der Waals surface area contributed by atoms with Gasteiger partial charge in [0.15, 0.2) is 5.78 Å². The highest BCUT2D eigenvalue weighted by Crippen LogP contribution is 2.45. The molecule has 2 nitrogen and oxygen atoms in total. The number of carbonyl (C=O) groups excluding carboxylic acids is 1. The monoisotopic (exact) mass is 295 g/mol. The molecule has 0 N–H and O–H groups in total. The van der Waals surface area contributed by atoms with E-state index in [4.69, 9.17) is 0 Å². The van der Waals surface area contributed by atoms with Gasteiger partial charge in [-0.25, -0.2) is 0 Å². The molecule has 0 saturated heterocycles. The molecule has 0 atom stereocenters. The van der Waals surface area contributed by atoms with E-state index >= 15 is 0 Å². The van der Waals surface area contributed by atoms with Gasteiger partial charge in [0.1, 0.15) is 0 Å². The molecule has 3 rings (SSSR count). The third-order valence-electron chi connectivity index (χ3n) is 3.54. The second kappa shape index (κ2) is 5.78. The number of hydrogen-bond donors (Lipinski definition) is 0. The van der Waals surface area contributed by atoms with Crippen molar-refractivity contribution in [1.82, 2.24) is 0 Å². The Kier molecular flexibility index (Phi) is 3.84. The lowest BCUT2D eigenvalue weighted by Gasteiger charge is -2.17. The van der Waals surface area contributed by atoms with E-state index in [-0.39, 0.29) is 5.78 Å². The molecule has 0 aromatic heterocycles. The van der Waals surface area contributed by atoms with Gasteiger partial charge < -0.3 is 4.90 Å². The summed E-state index contributed by atoms with van der Waals surface area (Å²) in [7, 11) is 0. The number of hydrogen-bond acceptors (Lipinski definition) is 3. The first kappa shape index (κ1) is 14.0. The summed E-state index contributed by atoms with van der Waals surface area (Å²) in [5, 5.41) is 1.00. The second-order valence-electron chi connectivity index (χ2n) is 5.03. The van der Waals surface area contributed by atoms with Crippen molar-refractivity contribution in [3.63, 3.8) is 0 Å². The van der Waals surface area contributed by atoms with E-state index in [1.54, 1.807) is 17.8 Å². The van der Waals surface area contributed by atoms with Gasteiger partial charge in [0.25, 0.3) is 0 Å². The second-order valence-corrected chi connectivity index (χ2v) is 6.09. The SMILES string of the molecule is CCN1/C(=C\C(=O)c2ccc(C)cc2)Sc2ccccc21. The summed E-state index contributed by atoms with van der Waals surface area (Å²) in [6.07, 6.45) is 1.75. The van der Waals surface area contributed by atoms with Crippen molar-refractivity contribution in [2.24, 2.45) is 0 Å². The number of anilines is 1. The summed E-state index contributed by atoms with van der Waals surface area (Å²) in [6, 6.07) is 16.0. The van der Waals surface area contributed by atoms with Crippen LogP contribution in [0.25, 0.3) is 0 Å². The van der Waals surface area contributed by atoms with Crippen molar-refractivity contribution in [2.75, 3.05) is 11.4 Å². The molecule has 3 heteroatoms. The molecule has 0 radical (unpaired) electrons. The highest BCUT2D eigenvalue weighted by molar-refractivity contribution is 8.03. The molecule has 0 aliphatic carbocycles. The van der Waals surface area contributed by atoms with Crippen LogP contribution in [0.2, 0.25) is 0 Å². The molecule has 0 spiro atoms. The summed E-state index contributed by atoms with van der Waals surface area (Å²) < 4.78 is 0. The fourth-order valence-corrected chi connectivity index (χ4v) is 3.56. The minimum absolute atomic E-state index is 0.0590. The Morgan fingerprint density at radius 3 is 2.57 bits per heavy atom. The van der Waals surface area contributed by atoms with Crippen LogP contribution in [0.1, 0.15) is 22.8 Å². The average Bonchev–Trinajstić information content (AvgIpc) is 2.84. The molecule has 106 valence electrons. The first-order valence-electron chi connectivity index (χ1n) is 7.06.